The summed E-state index contributed by atoms with van der Waals surface area (Å²) in [4.78, 5) is 15.6. The van der Waals surface area contributed by atoms with Gasteiger partial charge < -0.3 is 15.8 Å². The lowest BCUT2D eigenvalue weighted by Crippen LogP contribution is -2.19. The average Bonchev–Trinajstić information content (AvgIpc) is 2.42. The number of hydrogen-bond acceptors (Lipinski definition) is 4. The number of carbonyl (C=O) groups excluding carboxylic acids is 1. The highest BCUT2D eigenvalue weighted by atomic mass is 16.5. The molecule has 102 valence electrons. The molecule has 0 unspecified atom stereocenters. The minimum atomic E-state index is 0.0192. The third kappa shape index (κ3) is 2.30. The van der Waals surface area contributed by atoms with Crippen LogP contribution in [0.4, 0.5) is 11.4 Å². The van der Waals surface area contributed by atoms with Gasteiger partial charge in [0.1, 0.15) is 5.75 Å². The lowest BCUT2D eigenvalue weighted by atomic mass is 10.0. The maximum absolute atomic E-state index is 11.4. The number of amides is 1. The Hall–Kier alpha value is -2.56. The number of nitrogen functional groups attached to an aromatic ring is 1. The van der Waals surface area contributed by atoms with Gasteiger partial charge in [0.15, 0.2) is 5.75 Å². The maximum atomic E-state index is 11.4. The Balaban J connectivity index is 1.96. The van der Waals surface area contributed by atoms with Crippen LogP contribution in [-0.4, -0.2) is 10.9 Å². The molecular weight excluding hydrogens is 254 g/mol. The number of rotatable bonds is 2. The Morgan fingerprint density at radius 1 is 1.30 bits per heavy atom. The molecule has 0 spiro atoms. The van der Waals surface area contributed by atoms with Crippen LogP contribution in [0.5, 0.6) is 11.5 Å². The first kappa shape index (κ1) is 12.5. The molecule has 0 radical (unpaired) electrons. The molecule has 20 heavy (non-hydrogen) atoms. The van der Waals surface area contributed by atoms with Crippen LogP contribution in [-0.2, 0) is 11.2 Å². The smallest absolute Gasteiger partial charge is 0.224 e. The molecule has 0 bridgehead atoms. The van der Waals surface area contributed by atoms with Crippen LogP contribution in [0, 0.1) is 6.92 Å². The van der Waals surface area contributed by atoms with Crippen LogP contribution in [0.1, 0.15) is 17.7 Å². The van der Waals surface area contributed by atoms with Crippen LogP contribution in [0.25, 0.3) is 0 Å². The normalized spacial score (nSPS) is 13.6. The van der Waals surface area contributed by atoms with E-state index in [1.165, 1.54) is 0 Å². The van der Waals surface area contributed by atoms with Crippen molar-refractivity contribution in [2.75, 3.05) is 11.1 Å². The Morgan fingerprint density at radius 2 is 2.15 bits per heavy atom. The summed E-state index contributed by atoms with van der Waals surface area (Å²) in [6.45, 7) is 1.87. The molecule has 0 saturated heterocycles. The van der Waals surface area contributed by atoms with Crippen LogP contribution in [0.15, 0.2) is 30.5 Å². The SMILES string of the molecule is Cc1ncccc1Oc1cc2c(cc1N)CCC(=O)N2. The maximum Gasteiger partial charge on any atom is 0.224 e. The van der Waals surface area contributed by atoms with Crippen molar-refractivity contribution < 1.29 is 9.53 Å². The summed E-state index contributed by atoms with van der Waals surface area (Å²) in [7, 11) is 0. The Morgan fingerprint density at radius 3 is 2.95 bits per heavy atom. The minimum absolute atomic E-state index is 0.0192. The van der Waals surface area contributed by atoms with E-state index in [2.05, 4.69) is 10.3 Å². The van der Waals surface area contributed by atoms with E-state index in [4.69, 9.17) is 10.5 Å². The van der Waals surface area contributed by atoms with Gasteiger partial charge in [-0.25, -0.2) is 0 Å². The number of nitrogens with one attached hydrogen (secondary N) is 1. The number of fused-ring (bicyclic) bond motifs is 1. The molecule has 3 N–H and O–H groups in total. The predicted molar refractivity (Wildman–Crippen MR) is 76.9 cm³/mol. The summed E-state index contributed by atoms with van der Waals surface area (Å²) in [5.41, 5.74) is 9.17. The molecule has 5 heteroatoms. The van der Waals surface area contributed by atoms with Gasteiger partial charge in [0.05, 0.1) is 11.4 Å². The summed E-state index contributed by atoms with van der Waals surface area (Å²) < 4.78 is 5.80. The predicted octanol–water partition coefficient (Wildman–Crippen LogP) is 2.65. The van der Waals surface area contributed by atoms with Crippen molar-refractivity contribution in [3.63, 3.8) is 0 Å². The number of benzene rings is 1. The molecule has 1 amide bonds. The lowest BCUT2D eigenvalue weighted by molar-refractivity contribution is -0.116. The quantitative estimate of drug-likeness (QED) is 0.822. The zero-order chi connectivity index (χ0) is 14.1. The Kier molecular flexibility index (Phi) is 3.02. The van der Waals surface area contributed by atoms with E-state index >= 15 is 0 Å². The van der Waals surface area contributed by atoms with E-state index in [0.29, 0.717) is 30.0 Å². The van der Waals surface area contributed by atoms with Crippen molar-refractivity contribution >= 4 is 17.3 Å². The number of anilines is 2. The molecule has 5 nitrogen and oxygen atoms in total. The molecular formula is C15H15N3O2. The van der Waals surface area contributed by atoms with Gasteiger partial charge in [0.25, 0.3) is 0 Å². The van der Waals surface area contributed by atoms with Gasteiger partial charge in [-0.3, -0.25) is 9.78 Å². The van der Waals surface area contributed by atoms with Crippen molar-refractivity contribution in [3.8, 4) is 11.5 Å². The first-order valence-corrected chi connectivity index (χ1v) is 6.45. The fourth-order valence-electron chi connectivity index (χ4n) is 2.21. The third-order valence-corrected chi connectivity index (χ3v) is 3.31. The molecule has 1 aromatic heterocycles. The van der Waals surface area contributed by atoms with Gasteiger partial charge in [0, 0.05) is 24.4 Å². The van der Waals surface area contributed by atoms with E-state index in [1.54, 1.807) is 18.3 Å². The summed E-state index contributed by atoms with van der Waals surface area (Å²) >= 11 is 0. The largest absolute Gasteiger partial charge is 0.453 e. The summed E-state index contributed by atoms with van der Waals surface area (Å²) in [6, 6.07) is 7.27. The fraction of sp³-hybridized carbons (Fsp3) is 0.200. The molecule has 0 saturated carbocycles. The second kappa shape index (κ2) is 4.85. The monoisotopic (exact) mass is 269 g/mol. The van der Waals surface area contributed by atoms with Gasteiger partial charge >= 0.3 is 0 Å². The molecule has 1 aliphatic rings. The summed E-state index contributed by atoms with van der Waals surface area (Å²) in [5, 5.41) is 2.84. The Labute approximate surface area is 116 Å². The standard InChI is InChI=1S/C15H15N3O2/c1-9-13(3-2-6-17-9)20-14-8-12-10(7-11(14)16)4-5-15(19)18-12/h2-3,6-8H,4-5,16H2,1H3,(H,18,19). The number of nitrogens with zero attached hydrogens (tertiary/aromatic N) is 1. The van der Waals surface area contributed by atoms with Gasteiger partial charge in [0.2, 0.25) is 5.91 Å². The number of carbonyl (C=O) groups is 1. The van der Waals surface area contributed by atoms with Crippen LogP contribution < -0.4 is 15.8 Å². The molecule has 3 rings (SSSR count). The van der Waals surface area contributed by atoms with Crippen LogP contribution in [0.3, 0.4) is 0 Å². The zero-order valence-corrected chi connectivity index (χ0v) is 11.1. The van der Waals surface area contributed by atoms with Gasteiger partial charge in [-0.15, -0.1) is 0 Å². The highest BCUT2D eigenvalue weighted by molar-refractivity contribution is 5.94. The first-order chi connectivity index (χ1) is 9.63. The second-order valence-corrected chi connectivity index (χ2v) is 4.78. The van der Waals surface area contributed by atoms with Gasteiger partial charge in [-0.2, -0.15) is 0 Å². The van der Waals surface area contributed by atoms with E-state index < -0.39 is 0 Å². The molecule has 0 fully saturated rings. The average molecular weight is 269 g/mol. The molecule has 1 aromatic carbocycles. The number of nitrogens with two attached hydrogens (primary N) is 1. The number of pyridine rings is 1. The fourth-order valence-corrected chi connectivity index (χ4v) is 2.21. The number of hydrogen-bond donors (Lipinski definition) is 2. The zero-order valence-electron chi connectivity index (χ0n) is 11.1. The first-order valence-electron chi connectivity index (χ1n) is 6.45. The van der Waals surface area contributed by atoms with Crippen molar-refractivity contribution in [3.05, 3.63) is 41.7 Å². The molecule has 0 aliphatic carbocycles. The van der Waals surface area contributed by atoms with Crippen molar-refractivity contribution in [1.29, 1.82) is 0 Å². The van der Waals surface area contributed by atoms with Crippen molar-refractivity contribution in [2.24, 2.45) is 0 Å². The third-order valence-electron chi connectivity index (χ3n) is 3.31. The van der Waals surface area contributed by atoms with Crippen molar-refractivity contribution in [2.45, 2.75) is 19.8 Å². The molecule has 1 aliphatic heterocycles. The van der Waals surface area contributed by atoms with Crippen LogP contribution in [0.2, 0.25) is 0 Å². The number of aromatic nitrogens is 1. The van der Waals surface area contributed by atoms with E-state index in [0.717, 1.165) is 16.9 Å². The topological polar surface area (TPSA) is 77.2 Å². The van der Waals surface area contributed by atoms with Gasteiger partial charge in [-0.05, 0) is 37.1 Å². The Bertz CT molecular complexity index is 683. The van der Waals surface area contributed by atoms with E-state index in [9.17, 15) is 4.79 Å². The van der Waals surface area contributed by atoms with Crippen molar-refractivity contribution in [1.82, 2.24) is 4.98 Å². The minimum Gasteiger partial charge on any atom is -0.453 e. The van der Waals surface area contributed by atoms with Gasteiger partial charge in [-0.1, -0.05) is 0 Å². The van der Waals surface area contributed by atoms with E-state index in [-0.39, 0.29) is 5.91 Å². The number of ether oxygens (including phenoxy) is 1. The molecule has 2 heterocycles. The van der Waals surface area contributed by atoms with Crippen LogP contribution >= 0.6 is 0 Å². The number of aryl methyl sites for hydroxylation is 2. The second-order valence-electron chi connectivity index (χ2n) is 4.78. The molecule has 0 atom stereocenters. The van der Waals surface area contributed by atoms with E-state index in [1.807, 2.05) is 19.1 Å². The molecule has 2 aromatic rings. The highest BCUT2D eigenvalue weighted by Crippen LogP contribution is 2.35. The summed E-state index contributed by atoms with van der Waals surface area (Å²) in [6.07, 6.45) is 2.91. The highest BCUT2D eigenvalue weighted by Gasteiger charge is 2.17. The lowest BCUT2D eigenvalue weighted by Gasteiger charge is -2.19. The summed E-state index contributed by atoms with van der Waals surface area (Å²) in [5.74, 6) is 1.20.